The van der Waals surface area contributed by atoms with Gasteiger partial charge in [0.05, 0.1) is 10.7 Å². The monoisotopic (exact) mass is 422 g/mol. The summed E-state index contributed by atoms with van der Waals surface area (Å²) >= 11 is 1.70. The van der Waals surface area contributed by atoms with Crippen LogP contribution < -0.4 is 5.32 Å². The van der Waals surface area contributed by atoms with Gasteiger partial charge in [-0.25, -0.2) is 4.98 Å². The van der Waals surface area contributed by atoms with Crippen LogP contribution in [-0.2, 0) is 6.42 Å². The lowest BCUT2D eigenvalue weighted by Crippen LogP contribution is -2.39. The molecule has 1 rings (SSSR count). The highest BCUT2D eigenvalue weighted by molar-refractivity contribution is 14.0. The van der Waals surface area contributed by atoms with Gasteiger partial charge in [-0.15, -0.1) is 41.9 Å². The van der Waals surface area contributed by atoms with Crippen LogP contribution >= 0.6 is 35.3 Å². The summed E-state index contributed by atoms with van der Waals surface area (Å²) in [6.07, 6.45) is 5.01. The van der Waals surface area contributed by atoms with E-state index in [9.17, 15) is 0 Å². The van der Waals surface area contributed by atoms with Crippen molar-refractivity contribution >= 4 is 41.3 Å². The SMILES string of the molecule is C=CCCCN(C)C(=NCCc1csc(C)n1)NCC.I. The van der Waals surface area contributed by atoms with Crippen molar-refractivity contribution in [3.8, 4) is 0 Å². The molecule has 21 heavy (non-hydrogen) atoms. The minimum absolute atomic E-state index is 0. The maximum absolute atomic E-state index is 4.67. The van der Waals surface area contributed by atoms with Crippen molar-refractivity contribution in [1.29, 1.82) is 0 Å². The first-order valence-corrected chi connectivity index (χ1v) is 8.06. The van der Waals surface area contributed by atoms with Crippen molar-refractivity contribution in [3.05, 3.63) is 28.7 Å². The number of nitrogens with one attached hydrogen (secondary N) is 1. The molecule has 0 aromatic carbocycles. The lowest BCUT2D eigenvalue weighted by Gasteiger charge is -2.21. The third-order valence-corrected chi connectivity index (χ3v) is 3.72. The molecule has 0 atom stereocenters. The molecule has 0 bridgehead atoms. The van der Waals surface area contributed by atoms with Gasteiger partial charge in [0, 0.05) is 38.5 Å². The Labute approximate surface area is 149 Å². The minimum Gasteiger partial charge on any atom is -0.357 e. The second kappa shape index (κ2) is 12.0. The van der Waals surface area contributed by atoms with Crippen LogP contribution in [0.4, 0.5) is 0 Å². The second-order valence-corrected chi connectivity index (χ2v) is 5.76. The van der Waals surface area contributed by atoms with E-state index in [0.717, 1.165) is 55.6 Å². The van der Waals surface area contributed by atoms with Gasteiger partial charge in [0.25, 0.3) is 0 Å². The third-order valence-electron chi connectivity index (χ3n) is 2.89. The average molecular weight is 422 g/mol. The van der Waals surface area contributed by atoms with Crippen molar-refractivity contribution in [2.45, 2.75) is 33.1 Å². The summed E-state index contributed by atoms with van der Waals surface area (Å²) < 4.78 is 0. The predicted molar refractivity (Wildman–Crippen MR) is 104 cm³/mol. The number of nitrogens with zero attached hydrogens (tertiary/aromatic N) is 3. The van der Waals surface area contributed by atoms with Gasteiger partial charge in [0.1, 0.15) is 0 Å². The summed E-state index contributed by atoms with van der Waals surface area (Å²) in [5.74, 6) is 0.975. The molecule has 0 unspecified atom stereocenters. The molecule has 0 aliphatic heterocycles. The van der Waals surface area contributed by atoms with E-state index in [4.69, 9.17) is 0 Å². The van der Waals surface area contributed by atoms with Crippen LogP contribution in [0.15, 0.2) is 23.0 Å². The van der Waals surface area contributed by atoms with E-state index in [-0.39, 0.29) is 24.0 Å². The van der Waals surface area contributed by atoms with Gasteiger partial charge in [-0.05, 0) is 26.7 Å². The summed E-state index contributed by atoms with van der Waals surface area (Å²) in [6, 6.07) is 0. The summed E-state index contributed by atoms with van der Waals surface area (Å²) in [5, 5.41) is 6.57. The largest absolute Gasteiger partial charge is 0.357 e. The Morgan fingerprint density at radius 2 is 2.33 bits per heavy atom. The maximum Gasteiger partial charge on any atom is 0.193 e. The molecule has 0 aliphatic rings. The fourth-order valence-corrected chi connectivity index (χ4v) is 2.49. The van der Waals surface area contributed by atoms with Crippen molar-refractivity contribution in [3.63, 3.8) is 0 Å². The molecule has 0 spiro atoms. The average Bonchev–Trinajstić information content (AvgIpc) is 2.83. The lowest BCUT2D eigenvalue weighted by atomic mass is 10.3. The Kier molecular flexibility index (Phi) is 11.6. The minimum atomic E-state index is 0. The maximum atomic E-state index is 4.67. The first kappa shape index (κ1) is 20.4. The van der Waals surface area contributed by atoms with Gasteiger partial charge in [-0.1, -0.05) is 6.08 Å². The molecule has 0 aliphatic carbocycles. The molecular formula is C15H27IN4S. The number of aromatic nitrogens is 1. The molecule has 1 heterocycles. The zero-order chi connectivity index (χ0) is 14.8. The fraction of sp³-hybridized carbons (Fsp3) is 0.600. The van der Waals surface area contributed by atoms with Crippen molar-refractivity contribution in [1.82, 2.24) is 15.2 Å². The van der Waals surface area contributed by atoms with E-state index in [1.165, 1.54) is 0 Å². The van der Waals surface area contributed by atoms with Gasteiger partial charge in [-0.2, -0.15) is 0 Å². The molecule has 0 saturated heterocycles. The lowest BCUT2D eigenvalue weighted by molar-refractivity contribution is 0.470. The standard InChI is InChI=1S/C15H26N4S.HI/c1-5-7-8-11-19(4)15(16-6-2)17-10-9-14-12-20-13(3)18-14;/h5,12H,1,6-11H2,2-4H3,(H,16,17);1H. The number of hydrogen-bond donors (Lipinski definition) is 1. The molecule has 0 fully saturated rings. The Hall–Kier alpha value is -0.630. The number of allylic oxidation sites excluding steroid dienone is 1. The van der Waals surface area contributed by atoms with E-state index in [1.54, 1.807) is 11.3 Å². The third kappa shape index (κ3) is 8.40. The Morgan fingerprint density at radius 3 is 2.90 bits per heavy atom. The van der Waals surface area contributed by atoms with E-state index in [2.05, 4.69) is 46.1 Å². The number of halogens is 1. The summed E-state index contributed by atoms with van der Waals surface area (Å²) in [4.78, 5) is 11.3. The number of thiazole rings is 1. The van der Waals surface area contributed by atoms with Crippen molar-refractivity contribution < 1.29 is 0 Å². The van der Waals surface area contributed by atoms with Crippen LogP contribution in [0.5, 0.6) is 0 Å². The summed E-state index contributed by atoms with van der Waals surface area (Å²) in [7, 11) is 2.08. The number of unbranched alkanes of at least 4 members (excludes halogenated alkanes) is 1. The van der Waals surface area contributed by atoms with Crippen LogP contribution in [0.25, 0.3) is 0 Å². The molecular weight excluding hydrogens is 395 g/mol. The predicted octanol–water partition coefficient (Wildman–Crippen LogP) is 3.48. The van der Waals surface area contributed by atoms with E-state index < -0.39 is 0 Å². The fourth-order valence-electron chi connectivity index (χ4n) is 1.85. The molecule has 6 heteroatoms. The van der Waals surface area contributed by atoms with Gasteiger partial charge in [0.15, 0.2) is 5.96 Å². The second-order valence-electron chi connectivity index (χ2n) is 4.70. The molecule has 1 aromatic heterocycles. The van der Waals surface area contributed by atoms with E-state index >= 15 is 0 Å². The van der Waals surface area contributed by atoms with E-state index in [0.29, 0.717) is 0 Å². The Morgan fingerprint density at radius 1 is 1.57 bits per heavy atom. The highest BCUT2D eigenvalue weighted by atomic mass is 127. The molecule has 120 valence electrons. The molecule has 0 radical (unpaired) electrons. The highest BCUT2D eigenvalue weighted by Crippen LogP contribution is 2.08. The number of hydrogen-bond acceptors (Lipinski definition) is 3. The van der Waals surface area contributed by atoms with Crippen LogP contribution in [0, 0.1) is 6.92 Å². The zero-order valence-corrected chi connectivity index (χ0v) is 16.4. The molecule has 1 N–H and O–H groups in total. The molecule has 1 aromatic rings. The summed E-state index contributed by atoms with van der Waals surface area (Å²) in [5.41, 5.74) is 1.14. The highest BCUT2D eigenvalue weighted by Gasteiger charge is 2.05. The topological polar surface area (TPSA) is 40.5 Å². The first-order valence-electron chi connectivity index (χ1n) is 7.18. The Bertz CT molecular complexity index is 431. The van der Waals surface area contributed by atoms with Crippen LogP contribution in [0.3, 0.4) is 0 Å². The Balaban J connectivity index is 0.00000400. The number of aliphatic imine (C=N–C) groups is 1. The summed E-state index contributed by atoms with van der Waals surface area (Å²) in [6.45, 7) is 10.5. The number of guanidine groups is 1. The van der Waals surface area contributed by atoms with Crippen molar-refractivity contribution in [2.24, 2.45) is 4.99 Å². The molecule has 4 nitrogen and oxygen atoms in total. The number of rotatable bonds is 8. The van der Waals surface area contributed by atoms with E-state index in [1.807, 2.05) is 13.0 Å². The zero-order valence-electron chi connectivity index (χ0n) is 13.3. The van der Waals surface area contributed by atoms with Crippen LogP contribution in [-0.4, -0.2) is 42.5 Å². The smallest absolute Gasteiger partial charge is 0.193 e. The van der Waals surface area contributed by atoms with Crippen LogP contribution in [0.2, 0.25) is 0 Å². The normalized spacial score (nSPS) is 10.9. The quantitative estimate of drug-likeness (QED) is 0.229. The van der Waals surface area contributed by atoms with Crippen LogP contribution in [0.1, 0.15) is 30.5 Å². The molecule has 0 saturated carbocycles. The van der Waals surface area contributed by atoms with Gasteiger partial charge in [-0.3, -0.25) is 4.99 Å². The molecule has 0 amide bonds. The van der Waals surface area contributed by atoms with Gasteiger partial charge >= 0.3 is 0 Å². The van der Waals surface area contributed by atoms with Gasteiger partial charge < -0.3 is 10.2 Å². The number of aryl methyl sites for hydroxylation is 1. The first-order chi connectivity index (χ1) is 9.67. The van der Waals surface area contributed by atoms with Gasteiger partial charge in [0.2, 0.25) is 0 Å². The van der Waals surface area contributed by atoms with Crippen molar-refractivity contribution in [2.75, 3.05) is 26.7 Å².